The van der Waals surface area contributed by atoms with Crippen LogP contribution in [0.25, 0.3) is 0 Å². The molecule has 4 nitrogen and oxygen atoms in total. The van der Waals surface area contributed by atoms with Crippen molar-refractivity contribution in [1.82, 2.24) is 9.03 Å². The minimum absolute atomic E-state index is 0.0671. The van der Waals surface area contributed by atoms with Crippen LogP contribution in [0.2, 0.25) is 5.02 Å². The summed E-state index contributed by atoms with van der Waals surface area (Å²) in [7, 11) is -3.42. The summed E-state index contributed by atoms with van der Waals surface area (Å²) in [5, 5.41) is 0.580. The lowest BCUT2D eigenvalue weighted by atomic mass is 10.1. The van der Waals surface area contributed by atoms with Crippen LogP contribution < -0.4 is 4.72 Å². The molecule has 0 aliphatic carbocycles. The van der Waals surface area contributed by atoms with Crippen molar-refractivity contribution in [2.75, 3.05) is 6.54 Å². The molecule has 0 spiro atoms. The Balaban J connectivity index is 2.03. The molecule has 1 saturated heterocycles. The Kier molecular flexibility index (Phi) is 4.84. The molecule has 1 aromatic carbocycles. The number of nitrogens with zero attached hydrogens (tertiary/aromatic N) is 1. The number of rotatable bonds is 4. The SMILES string of the molecule is C[C@H]1CCCCN1S(=O)(=O)NCc1ccccc1Cl. The second kappa shape index (κ2) is 6.22. The molecule has 1 N–H and O–H groups in total. The van der Waals surface area contributed by atoms with Crippen LogP contribution in [0.4, 0.5) is 0 Å². The minimum Gasteiger partial charge on any atom is -0.198 e. The highest BCUT2D eigenvalue weighted by molar-refractivity contribution is 7.87. The van der Waals surface area contributed by atoms with Crippen LogP contribution in [-0.2, 0) is 16.8 Å². The molecule has 6 heteroatoms. The van der Waals surface area contributed by atoms with E-state index < -0.39 is 10.2 Å². The van der Waals surface area contributed by atoms with Crippen LogP contribution in [0.5, 0.6) is 0 Å². The molecule has 1 fully saturated rings. The number of piperidine rings is 1. The molecule has 0 saturated carbocycles. The molecule has 1 atom stereocenters. The Morgan fingerprint density at radius 2 is 2.11 bits per heavy atom. The summed E-state index contributed by atoms with van der Waals surface area (Å²) >= 11 is 6.02. The van der Waals surface area contributed by atoms with Crippen molar-refractivity contribution in [3.63, 3.8) is 0 Å². The zero-order valence-electron chi connectivity index (χ0n) is 11.0. The number of hydrogen-bond donors (Lipinski definition) is 1. The van der Waals surface area contributed by atoms with E-state index in [0.717, 1.165) is 24.8 Å². The lowest BCUT2D eigenvalue weighted by Gasteiger charge is -2.32. The third-order valence-electron chi connectivity index (χ3n) is 3.45. The van der Waals surface area contributed by atoms with E-state index in [1.165, 1.54) is 0 Å². The molecular formula is C13H19ClN2O2S. The van der Waals surface area contributed by atoms with E-state index in [4.69, 9.17) is 11.6 Å². The van der Waals surface area contributed by atoms with Gasteiger partial charge in [0.1, 0.15) is 0 Å². The third kappa shape index (κ3) is 3.69. The summed E-state index contributed by atoms with van der Waals surface area (Å²) in [6.07, 6.45) is 2.95. The van der Waals surface area contributed by atoms with E-state index in [1.807, 2.05) is 25.1 Å². The van der Waals surface area contributed by atoms with Gasteiger partial charge in [0.05, 0.1) is 0 Å². The molecule has 19 heavy (non-hydrogen) atoms. The first-order valence-electron chi connectivity index (χ1n) is 6.50. The van der Waals surface area contributed by atoms with Gasteiger partial charge in [-0.05, 0) is 31.4 Å². The first-order valence-corrected chi connectivity index (χ1v) is 8.32. The second-order valence-corrected chi connectivity index (χ2v) is 6.99. The summed E-state index contributed by atoms with van der Waals surface area (Å²) in [5.41, 5.74) is 0.789. The summed E-state index contributed by atoms with van der Waals surface area (Å²) in [5.74, 6) is 0. The smallest absolute Gasteiger partial charge is 0.198 e. The van der Waals surface area contributed by atoms with Gasteiger partial charge in [-0.15, -0.1) is 0 Å². The Labute approximate surface area is 119 Å². The van der Waals surface area contributed by atoms with Crippen molar-refractivity contribution < 1.29 is 8.42 Å². The van der Waals surface area contributed by atoms with E-state index in [0.29, 0.717) is 11.6 Å². The molecule has 106 valence electrons. The Hall–Kier alpha value is -0.620. The Bertz CT molecular complexity index is 533. The molecular weight excluding hydrogens is 284 g/mol. The summed E-state index contributed by atoms with van der Waals surface area (Å²) in [6.45, 7) is 2.78. The van der Waals surface area contributed by atoms with Crippen LogP contribution in [0.1, 0.15) is 31.7 Å². The molecule has 1 heterocycles. The monoisotopic (exact) mass is 302 g/mol. The molecule has 1 aromatic rings. The zero-order valence-corrected chi connectivity index (χ0v) is 12.5. The highest BCUT2D eigenvalue weighted by atomic mass is 35.5. The maximum Gasteiger partial charge on any atom is 0.279 e. The van der Waals surface area contributed by atoms with Gasteiger partial charge in [-0.1, -0.05) is 36.2 Å². The molecule has 0 radical (unpaired) electrons. The van der Waals surface area contributed by atoms with Crippen molar-refractivity contribution in [3.05, 3.63) is 34.9 Å². The average Bonchev–Trinajstić information content (AvgIpc) is 2.38. The largest absolute Gasteiger partial charge is 0.279 e. The quantitative estimate of drug-likeness (QED) is 0.929. The van der Waals surface area contributed by atoms with Crippen molar-refractivity contribution in [1.29, 1.82) is 0 Å². The van der Waals surface area contributed by atoms with Gasteiger partial charge in [0.25, 0.3) is 10.2 Å². The topological polar surface area (TPSA) is 49.4 Å². The molecule has 1 aliphatic rings. The number of nitrogens with one attached hydrogen (secondary N) is 1. The second-order valence-electron chi connectivity index (χ2n) is 4.87. The van der Waals surface area contributed by atoms with E-state index in [9.17, 15) is 8.42 Å². The normalized spacial score (nSPS) is 21.5. The number of halogens is 1. The first kappa shape index (κ1) is 14.8. The van der Waals surface area contributed by atoms with Gasteiger partial charge < -0.3 is 0 Å². The maximum atomic E-state index is 12.3. The van der Waals surface area contributed by atoms with Crippen molar-refractivity contribution >= 4 is 21.8 Å². The summed E-state index contributed by atoms with van der Waals surface area (Å²) in [6, 6.07) is 7.32. The van der Waals surface area contributed by atoms with Gasteiger partial charge >= 0.3 is 0 Å². The Morgan fingerprint density at radius 1 is 1.37 bits per heavy atom. The standard InChI is InChI=1S/C13H19ClN2O2S/c1-11-6-4-5-9-16(11)19(17,18)15-10-12-7-2-3-8-13(12)14/h2-3,7-8,11,15H,4-6,9-10H2,1H3/t11-/m0/s1. The van der Waals surface area contributed by atoms with Gasteiger partial charge in [0, 0.05) is 24.2 Å². The Morgan fingerprint density at radius 3 is 2.79 bits per heavy atom. The number of hydrogen-bond acceptors (Lipinski definition) is 2. The molecule has 0 bridgehead atoms. The molecule has 0 aromatic heterocycles. The highest BCUT2D eigenvalue weighted by Gasteiger charge is 2.29. The maximum absolute atomic E-state index is 12.3. The van der Waals surface area contributed by atoms with Crippen LogP contribution in [-0.4, -0.2) is 25.3 Å². The number of benzene rings is 1. The van der Waals surface area contributed by atoms with Crippen LogP contribution in [0, 0.1) is 0 Å². The fourth-order valence-corrected chi connectivity index (χ4v) is 3.98. The van der Waals surface area contributed by atoms with Crippen LogP contribution in [0.3, 0.4) is 0 Å². The predicted molar refractivity (Wildman–Crippen MR) is 77.2 cm³/mol. The van der Waals surface area contributed by atoms with Crippen molar-refractivity contribution in [2.24, 2.45) is 0 Å². The van der Waals surface area contributed by atoms with E-state index in [-0.39, 0.29) is 12.6 Å². The van der Waals surface area contributed by atoms with Crippen molar-refractivity contribution in [2.45, 2.75) is 38.8 Å². The average molecular weight is 303 g/mol. The first-order chi connectivity index (χ1) is 9.00. The summed E-state index contributed by atoms with van der Waals surface area (Å²) < 4.78 is 28.7. The van der Waals surface area contributed by atoms with Crippen LogP contribution >= 0.6 is 11.6 Å². The fourth-order valence-electron chi connectivity index (χ4n) is 2.32. The third-order valence-corrected chi connectivity index (χ3v) is 5.49. The van der Waals surface area contributed by atoms with E-state index >= 15 is 0 Å². The lowest BCUT2D eigenvalue weighted by Crippen LogP contribution is -2.47. The summed E-state index contributed by atoms with van der Waals surface area (Å²) in [4.78, 5) is 0. The minimum atomic E-state index is -3.42. The lowest BCUT2D eigenvalue weighted by molar-refractivity contribution is 0.265. The van der Waals surface area contributed by atoms with Gasteiger partial charge in [-0.25, -0.2) is 0 Å². The molecule has 0 amide bonds. The van der Waals surface area contributed by atoms with E-state index in [1.54, 1.807) is 10.4 Å². The molecule has 0 unspecified atom stereocenters. The zero-order chi connectivity index (χ0) is 13.9. The van der Waals surface area contributed by atoms with E-state index in [2.05, 4.69) is 4.72 Å². The van der Waals surface area contributed by atoms with Gasteiger partial charge in [-0.2, -0.15) is 17.4 Å². The van der Waals surface area contributed by atoms with Crippen LogP contribution in [0.15, 0.2) is 24.3 Å². The molecule has 2 rings (SSSR count). The van der Waals surface area contributed by atoms with Gasteiger partial charge in [0.2, 0.25) is 0 Å². The van der Waals surface area contributed by atoms with Gasteiger partial charge in [0.15, 0.2) is 0 Å². The fraction of sp³-hybridized carbons (Fsp3) is 0.538. The highest BCUT2D eigenvalue weighted by Crippen LogP contribution is 2.20. The predicted octanol–water partition coefficient (Wildman–Crippen LogP) is 2.55. The van der Waals surface area contributed by atoms with Gasteiger partial charge in [-0.3, -0.25) is 0 Å². The molecule has 1 aliphatic heterocycles. The van der Waals surface area contributed by atoms with Crippen molar-refractivity contribution in [3.8, 4) is 0 Å².